The van der Waals surface area contributed by atoms with Crippen molar-refractivity contribution in [1.29, 1.82) is 0 Å². The van der Waals surface area contributed by atoms with Crippen LogP contribution in [0.1, 0.15) is 40.1 Å². The van der Waals surface area contributed by atoms with Crippen molar-refractivity contribution in [2.45, 2.75) is 32.8 Å². The Balaban J connectivity index is 1.61. The van der Waals surface area contributed by atoms with E-state index in [2.05, 4.69) is 18.8 Å². The lowest BCUT2D eigenvalue weighted by atomic mass is 10.1. The van der Waals surface area contributed by atoms with Crippen LogP contribution in [0.2, 0.25) is 5.02 Å². The molecule has 3 rings (SSSR count). The topological polar surface area (TPSA) is 42.4 Å². The van der Waals surface area contributed by atoms with Crippen LogP contribution in [0.3, 0.4) is 0 Å². The van der Waals surface area contributed by atoms with Crippen molar-refractivity contribution in [1.82, 2.24) is 9.88 Å². The van der Waals surface area contributed by atoms with Crippen LogP contribution in [-0.4, -0.2) is 35.0 Å². The fourth-order valence-corrected chi connectivity index (χ4v) is 3.62. The van der Waals surface area contributed by atoms with E-state index in [1.54, 1.807) is 11.0 Å². The van der Waals surface area contributed by atoms with Crippen LogP contribution in [0.4, 0.5) is 0 Å². The highest BCUT2D eigenvalue weighted by atomic mass is 35.5. The van der Waals surface area contributed by atoms with Crippen LogP contribution in [0, 0.1) is 6.92 Å². The second kappa shape index (κ2) is 6.49. The number of aromatic nitrogens is 1. The number of benzene rings is 1. The number of hydrogen-bond donors (Lipinski definition) is 0. The van der Waals surface area contributed by atoms with Gasteiger partial charge in [-0.2, -0.15) is 0 Å². The maximum Gasteiger partial charge on any atom is 0.266 e. The molecule has 1 fully saturated rings. The lowest BCUT2D eigenvalue weighted by molar-refractivity contribution is 0.0181. The monoisotopic (exact) mass is 350 g/mol. The van der Waals surface area contributed by atoms with Gasteiger partial charge >= 0.3 is 0 Å². The molecule has 2 aromatic rings. The zero-order valence-electron chi connectivity index (χ0n) is 13.4. The number of amides is 1. The van der Waals surface area contributed by atoms with Crippen molar-refractivity contribution in [3.05, 3.63) is 44.9 Å². The summed E-state index contributed by atoms with van der Waals surface area (Å²) >= 11 is 7.58. The van der Waals surface area contributed by atoms with E-state index in [1.165, 1.54) is 11.3 Å². The van der Waals surface area contributed by atoms with Gasteiger partial charge in [0.1, 0.15) is 16.7 Å². The molecule has 0 saturated carbocycles. The van der Waals surface area contributed by atoms with Gasteiger partial charge in [-0.1, -0.05) is 37.6 Å². The molecule has 1 saturated heterocycles. The fraction of sp³-hybridized carbons (Fsp3) is 0.412. The summed E-state index contributed by atoms with van der Waals surface area (Å²) in [4.78, 5) is 19.6. The third-order valence-corrected chi connectivity index (χ3v) is 5.53. The Labute approximate surface area is 145 Å². The Morgan fingerprint density at radius 3 is 2.70 bits per heavy atom. The molecule has 122 valence electrons. The maximum absolute atomic E-state index is 12.6. The smallest absolute Gasteiger partial charge is 0.266 e. The van der Waals surface area contributed by atoms with E-state index in [4.69, 9.17) is 16.3 Å². The normalized spacial score (nSPS) is 14.9. The highest BCUT2D eigenvalue weighted by Crippen LogP contribution is 2.29. The van der Waals surface area contributed by atoms with Crippen molar-refractivity contribution in [2.24, 2.45) is 0 Å². The number of hydrogen-bond acceptors (Lipinski definition) is 4. The second-order valence-corrected chi connectivity index (χ2v) is 7.44. The minimum Gasteiger partial charge on any atom is -0.485 e. The van der Waals surface area contributed by atoms with Gasteiger partial charge in [-0.25, -0.2) is 4.98 Å². The Morgan fingerprint density at radius 1 is 1.39 bits per heavy atom. The molecule has 1 amide bonds. The van der Waals surface area contributed by atoms with Crippen LogP contribution >= 0.6 is 22.9 Å². The standard InChI is InChI=1S/C17H19ClN2O2S/c1-10(2)16-19-11(3)15(23-16)17(21)20-8-12(9-20)22-14-7-5-4-6-13(14)18/h4-7,10,12H,8-9H2,1-3H3. The molecule has 1 aliphatic rings. The predicted molar refractivity (Wildman–Crippen MR) is 92.7 cm³/mol. The maximum atomic E-state index is 12.6. The van der Waals surface area contributed by atoms with Crippen LogP contribution in [0.5, 0.6) is 5.75 Å². The van der Waals surface area contributed by atoms with Gasteiger partial charge < -0.3 is 9.64 Å². The number of thiazole rings is 1. The van der Waals surface area contributed by atoms with Crippen molar-refractivity contribution < 1.29 is 9.53 Å². The van der Waals surface area contributed by atoms with Crippen molar-refractivity contribution >= 4 is 28.8 Å². The Morgan fingerprint density at radius 2 is 2.09 bits per heavy atom. The Hall–Kier alpha value is -1.59. The molecular formula is C17H19ClN2O2S. The van der Waals surface area contributed by atoms with Gasteiger partial charge in [0.15, 0.2) is 0 Å². The number of likely N-dealkylation sites (tertiary alicyclic amines) is 1. The van der Waals surface area contributed by atoms with Crippen molar-refractivity contribution in [3.63, 3.8) is 0 Å². The van der Waals surface area contributed by atoms with Gasteiger partial charge in [-0.05, 0) is 19.1 Å². The molecule has 1 aromatic heterocycles. The largest absolute Gasteiger partial charge is 0.485 e. The average molecular weight is 351 g/mol. The SMILES string of the molecule is Cc1nc(C(C)C)sc1C(=O)N1CC(Oc2ccccc2Cl)C1. The van der Waals surface area contributed by atoms with Crippen molar-refractivity contribution in [3.8, 4) is 5.75 Å². The lowest BCUT2D eigenvalue weighted by Gasteiger charge is -2.38. The van der Waals surface area contributed by atoms with Crippen LogP contribution in [0.25, 0.3) is 0 Å². The van der Waals surface area contributed by atoms with Crippen LogP contribution in [0.15, 0.2) is 24.3 Å². The zero-order valence-corrected chi connectivity index (χ0v) is 14.9. The number of carbonyl (C=O) groups is 1. The molecule has 4 nitrogen and oxygen atoms in total. The molecule has 2 heterocycles. The van der Waals surface area contributed by atoms with Crippen LogP contribution < -0.4 is 4.74 Å². The molecule has 0 aliphatic carbocycles. The van der Waals surface area contributed by atoms with E-state index in [-0.39, 0.29) is 12.0 Å². The molecule has 0 radical (unpaired) electrons. The van der Waals surface area contributed by atoms with E-state index >= 15 is 0 Å². The number of aryl methyl sites for hydroxylation is 1. The summed E-state index contributed by atoms with van der Waals surface area (Å²) in [6.07, 6.45) is -0.00310. The minimum absolute atomic E-state index is 0.00310. The summed E-state index contributed by atoms with van der Waals surface area (Å²) < 4.78 is 5.83. The molecule has 23 heavy (non-hydrogen) atoms. The van der Waals surface area contributed by atoms with E-state index in [1.807, 2.05) is 25.1 Å². The summed E-state index contributed by atoms with van der Waals surface area (Å²) in [6.45, 7) is 7.23. The molecular weight excluding hydrogens is 332 g/mol. The van der Waals surface area contributed by atoms with Gasteiger partial charge in [0.2, 0.25) is 0 Å². The van der Waals surface area contributed by atoms with E-state index < -0.39 is 0 Å². The first-order chi connectivity index (χ1) is 11.0. The minimum atomic E-state index is -0.00310. The van der Waals surface area contributed by atoms with E-state index in [0.29, 0.717) is 29.8 Å². The van der Waals surface area contributed by atoms with Crippen molar-refractivity contribution in [2.75, 3.05) is 13.1 Å². The highest BCUT2D eigenvalue weighted by Gasteiger charge is 2.34. The molecule has 1 aromatic carbocycles. The molecule has 0 N–H and O–H groups in total. The number of halogens is 1. The molecule has 1 aliphatic heterocycles. The summed E-state index contributed by atoms with van der Waals surface area (Å²) in [5, 5.41) is 1.60. The molecule has 6 heteroatoms. The number of ether oxygens (including phenoxy) is 1. The summed E-state index contributed by atoms with van der Waals surface area (Å²) in [6, 6.07) is 7.39. The zero-order chi connectivity index (χ0) is 16.6. The molecule has 0 unspecified atom stereocenters. The summed E-state index contributed by atoms with van der Waals surface area (Å²) in [7, 11) is 0. The first kappa shape index (κ1) is 16.3. The van der Waals surface area contributed by atoms with E-state index in [0.717, 1.165) is 15.6 Å². The predicted octanol–water partition coefficient (Wildman–Crippen LogP) is 4.13. The number of para-hydroxylation sites is 1. The number of carbonyl (C=O) groups excluding carboxylic acids is 1. The van der Waals surface area contributed by atoms with Gasteiger partial charge in [0, 0.05) is 5.92 Å². The number of nitrogens with zero attached hydrogens (tertiary/aromatic N) is 2. The summed E-state index contributed by atoms with van der Waals surface area (Å²) in [5.74, 6) is 1.06. The fourth-order valence-electron chi connectivity index (χ4n) is 2.40. The highest BCUT2D eigenvalue weighted by molar-refractivity contribution is 7.13. The quantitative estimate of drug-likeness (QED) is 0.832. The second-order valence-electron chi connectivity index (χ2n) is 6.00. The van der Waals surface area contributed by atoms with E-state index in [9.17, 15) is 4.79 Å². The van der Waals surface area contributed by atoms with Gasteiger partial charge in [-0.15, -0.1) is 11.3 Å². The first-order valence-electron chi connectivity index (χ1n) is 7.63. The lowest BCUT2D eigenvalue weighted by Crippen LogP contribution is -2.56. The third-order valence-electron chi connectivity index (χ3n) is 3.77. The van der Waals surface area contributed by atoms with Gasteiger partial charge in [-0.3, -0.25) is 4.79 Å². The molecule has 0 bridgehead atoms. The molecule has 0 spiro atoms. The molecule has 0 atom stereocenters. The summed E-state index contributed by atoms with van der Waals surface area (Å²) in [5.41, 5.74) is 0.819. The Bertz CT molecular complexity index is 723. The number of rotatable bonds is 4. The average Bonchev–Trinajstić information content (AvgIpc) is 2.86. The third kappa shape index (κ3) is 3.35. The Kier molecular flexibility index (Phi) is 4.60. The first-order valence-corrected chi connectivity index (χ1v) is 8.83. The van der Waals surface area contributed by atoms with Crippen LogP contribution in [-0.2, 0) is 0 Å². The van der Waals surface area contributed by atoms with Gasteiger partial charge in [0.05, 0.1) is 28.8 Å². The van der Waals surface area contributed by atoms with Gasteiger partial charge in [0.25, 0.3) is 5.91 Å².